The summed E-state index contributed by atoms with van der Waals surface area (Å²) < 4.78 is 42.5. The Kier molecular flexibility index (Phi) is 7.69. The Morgan fingerprint density at radius 2 is 1.08 bits per heavy atom. The van der Waals surface area contributed by atoms with Gasteiger partial charge >= 0.3 is 0 Å². The van der Waals surface area contributed by atoms with Crippen molar-refractivity contribution >= 4 is 9.84 Å². The normalized spacial score (nSPS) is 11.5. The third-order valence-corrected chi connectivity index (χ3v) is 8.04. The Morgan fingerprint density at radius 3 is 1.51 bits per heavy atom. The number of ether oxygens (including phenoxy) is 3. The van der Waals surface area contributed by atoms with Crippen molar-refractivity contribution < 1.29 is 22.6 Å². The lowest BCUT2D eigenvalue weighted by molar-refractivity contribution is 0.363. The van der Waals surface area contributed by atoms with Crippen LogP contribution in [0.1, 0.15) is 25.0 Å². The summed E-state index contributed by atoms with van der Waals surface area (Å²) in [5.74, 6) is 2.63. The maximum absolute atomic E-state index is 12.9. The van der Waals surface area contributed by atoms with E-state index in [4.69, 9.17) is 14.2 Å². The van der Waals surface area contributed by atoms with Gasteiger partial charge in [0.1, 0.15) is 29.6 Å². The monoisotopic (exact) mass is 514 g/mol. The summed E-state index contributed by atoms with van der Waals surface area (Å²) in [6.45, 7) is 8.49. The zero-order valence-electron chi connectivity index (χ0n) is 21.2. The zero-order chi connectivity index (χ0) is 26.5. The van der Waals surface area contributed by atoms with Crippen molar-refractivity contribution in [3.05, 3.63) is 121 Å². The van der Waals surface area contributed by atoms with E-state index in [0.29, 0.717) is 23.9 Å². The van der Waals surface area contributed by atoms with Crippen LogP contribution in [0.4, 0.5) is 0 Å². The van der Waals surface area contributed by atoms with Crippen LogP contribution in [0.2, 0.25) is 0 Å². The van der Waals surface area contributed by atoms with Gasteiger partial charge < -0.3 is 14.2 Å². The zero-order valence-corrected chi connectivity index (χ0v) is 22.0. The predicted octanol–water partition coefficient (Wildman–Crippen LogP) is 7.21. The lowest BCUT2D eigenvalue weighted by atomic mass is 9.78. The van der Waals surface area contributed by atoms with Gasteiger partial charge in [-0.15, -0.1) is 0 Å². The van der Waals surface area contributed by atoms with Gasteiger partial charge in [0, 0.05) is 5.41 Å². The third kappa shape index (κ3) is 5.87. The SMILES string of the molecule is C=CCOc1ccc(C(C)(C)c2ccc(Oc3ccc(S(=O)(=O)c4ccc(OC)cc4)cc3)cc2)cc1. The van der Waals surface area contributed by atoms with E-state index in [1.165, 1.54) is 24.8 Å². The Morgan fingerprint density at radius 1 is 0.676 bits per heavy atom. The van der Waals surface area contributed by atoms with Crippen LogP contribution in [0.15, 0.2) is 120 Å². The van der Waals surface area contributed by atoms with Crippen LogP contribution in [-0.4, -0.2) is 22.1 Å². The van der Waals surface area contributed by atoms with Crippen LogP contribution in [0.5, 0.6) is 23.0 Å². The van der Waals surface area contributed by atoms with Crippen LogP contribution in [0.25, 0.3) is 0 Å². The van der Waals surface area contributed by atoms with Crippen LogP contribution in [0, 0.1) is 0 Å². The van der Waals surface area contributed by atoms with Crippen molar-refractivity contribution in [2.75, 3.05) is 13.7 Å². The van der Waals surface area contributed by atoms with Crippen LogP contribution in [0.3, 0.4) is 0 Å². The molecule has 0 aliphatic rings. The van der Waals surface area contributed by atoms with E-state index in [1.807, 2.05) is 36.4 Å². The van der Waals surface area contributed by atoms with E-state index in [0.717, 1.165) is 11.3 Å². The van der Waals surface area contributed by atoms with Gasteiger partial charge in [-0.3, -0.25) is 0 Å². The molecule has 0 amide bonds. The molecule has 4 aromatic rings. The van der Waals surface area contributed by atoms with Crippen LogP contribution < -0.4 is 14.2 Å². The molecule has 0 saturated carbocycles. The highest BCUT2D eigenvalue weighted by molar-refractivity contribution is 7.91. The van der Waals surface area contributed by atoms with Gasteiger partial charge in [0.15, 0.2) is 0 Å². The number of benzene rings is 4. The quantitative estimate of drug-likeness (QED) is 0.209. The largest absolute Gasteiger partial charge is 0.497 e. The highest BCUT2D eigenvalue weighted by Crippen LogP contribution is 2.34. The van der Waals surface area contributed by atoms with Crippen molar-refractivity contribution in [2.45, 2.75) is 29.1 Å². The summed E-state index contributed by atoms with van der Waals surface area (Å²) in [6.07, 6.45) is 1.72. The Balaban J connectivity index is 1.45. The molecule has 0 N–H and O–H groups in total. The lowest BCUT2D eigenvalue weighted by Crippen LogP contribution is -2.18. The summed E-state index contributed by atoms with van der Waals surface area (Å²) in [4.78, 5) is 0.405. The number of rotatable bonds is 10. The van der Waals surface area contributed by atoms with E-state index in [2.05, 4.69) is 32.6 Å². The molecule has 4 rings (SSSR count). The topological polar surface area (TPSA) is 61.8 Å². The second kappa shape index (κ2) is 10.9. The first-order chi connectivity index (χ1) is 17.7. The molecule has 4 aromatic carbocycles. The van der Waals surface area contributed by atoms with Gasteiger partial charge in [-0.25, -0.2) is 8.42 Å². The number of hydrogen-bond donors (Lipinski definition) is 0. The van der Waals surface area contributed by atoms with E-state index in [1.54, 1.807) is 42.5 Å². The first kappa shape index (κ1) is 26.0. The van der Waals surface area contributed by atoms with Gasteiger partial charge in [0.25, 0.3) is 0 Å². The fourth-order valence-electron chi connectivity index (χ4n) is 3.94. The van der Waals surface area contributed by atoms with E-state index in [9.17, 15) is 8.42 Å². The van der Waals surface area contributed by atoms with Crippen molar-refractivity contribution in [1.82, 2.24) is 0 Å². The fraction of sp³-hybridized carbons (Fsp3) is 0.161. The Hall–Kier alpha value is -4.03. The number of hydrogen-bond acceptors (Lipinski definition) is 5. The summed E-state index contributed by atoms with van der Waals surface area (Å²) >= 11 is 0. The van der Waals surface area contributed by atoms with Crippen molar-refractivity contribution in [1.29, 1.82) is 0 Å². The van der Waals surface area contributed by atoms with Crippen molar-refractivity contribution in [2.24, 2.45) is 0 Å². The molecular formula is C31H30O5S. The number of sulfone groups is 1. The minimum atomic E-state index is -3.63. The number of methoxy groups -OCH3 is 1. The standard InChI is InChI=1S/C31H30O5S/c1-5-22-35-26-10-6-23(7-11-26)31(2,3)24-8-12-27(13-9-24)36-28-16-20-30(21-17-28)37(32,33)29-18-14-25(34-4)15-19-29/h5-21H,1,22H2,2-4H3. The highest BCUT2D eigenvalue weighted by Gasteiger charge is 2.23. The van der Waals surface area contributed by atoms with Gasteiger partial charge in [0.05, 0.1) is 16.9 Å². The van der Waals surface area contributed by atoms with Crippen LogP contribution >= 0.6 is 0 Å². The minimum Gasteiger partial charge on any atom is -0.497 e. The third-order valence-electron chi connectivity index (χ3n) is 6.26. The van der Waals surface area contributed by atoms with Gasteiger partial charge in [-0.05, 0) is 83.9 Å². The maximum Gasteiger partial charge on any atom is 0.206 e. The average Bonchev–Trinajstić information content (AvgIpc) is 2.93. The Bertz CT molecular complexity index is 1440. The molecule has 0 atom stereocenters. The van der Waals surface area contributed by atoms with E-state index < -0.39 is 9.84 Å². The first-order valence-corrected chi connectivity index (χ1v) is 13.3. The van der Waals surface area contributed by atoms with Crippen molar-refractivity contribution in [3.63, 3.8) is 0 Å². The smallest absolute Gasteiger partial charge is 0.206 e. The molecule has 0 spiro atoms. The molecule has 190 valence electrons. The highest BCUT2D eigenvalue weighted by atomic mass is 32.2. The molecule has 0 aliphatic heterocycles. The first-order valence-electron chi connectivity index (χ1n) is 11.9. The predicted molar refractivity (Wildman–Crippen MR) is 146 cm³/mol. The summed E-state index contributed by atoms with van der Waals surface area (Å²) in [7, 11) is -2.09. The molecule has 0 fully saturated rings. The Labute approximate surface area is 218 Å². The second-order valence-corrected chi connectivity index (χ2v) is 11.0. The van der Waals surface area contributed by atoms with E-state index >= 15 is 0 Å². The molecular weight excluding hydrogens is 484 g/mol. The lowest BCUT2D eigenvalue weighted by Gasteiger charge is -2.26. The molecule has 0 saturated heterocycles. The molecule has 37 heavy (non-hydrogen) atoms. The van der Waals surface area contributed by atoms with E-state index in [-0.39, 0.29) is 15.2 Å². The molecule has 0 aromatic heterocycles. The molecule has 6 heteroatoms. The van der Waals surface area contributed by atoms with Gasteiger partial charge in [-0.2, -0.15) is 0 Å². The van der Waals surface area contributed by atoms with Crippen LogP contribution in [-0.2, 0) is 15.3 Å². The molecule has 0 bridgehead atoms. The van der Waals surface area contributed by atoms with Gasteiger partial charge in [0.2, 0.25) is 9.84 Å². The summed E-state index contributed by atoms with van der Waals surface area (Å²) in [5, 5.41) is 0. The minimum absolute atomic E-state index is 0.197. The average molecular weight is 515 g/mol. The van der Waals surface area contributed by atoms with Gasteiger partial charge in [-0.1, -0.05) is 50.8 Å². The maximum atomic E-state index is 12.9. The molecule has 0 unspecified atom stereocenters. The summed E-state index contributed by atoms with van der Waals surface area (Å²) in [5.41, 5.74) is 2.09. The molecule has 5 nitrogen and oxygen atoms in total. The molecule has 0 aliphatic carbocycles. The molecule has 0 heterocycles. The summed E-state index contributed by atoms with van der Waals surface area (Å²) in [6, 6.07) is 28.7. The fourth-order valence-corrected chi connectivity index (χ4v) is 5.20. The molecule has 0 radical (unpaired) electrons. The second-order valence-electron chi connectivity index (χ2n) is 9.03. The van der Waals surface area contributed by atoms with Crippen molar-refractivity contribution in [3.8, 4) is 23.0 Å².